The third kappa shape index (κ3) is 4.00. The van der Waals surface area contributed by atoms with Crippen LogP contribution in [0.3, 0.4) is 0 Å². The Morgan fingerprint density at radius 1 is 1.18 bits per heavy atom. The highest BCUT2D eigenvalue weighted by atomic mass is 35.5. The second-order valence-corrected chi connectivity index (χ2v) is 5.99. The molecule has 3 rings (SSSR count). The molecule has 0 fully saturated rings. The van der Waals surface area contributed by atoms with Gasteiger partial charge in [0.1, 0.15) is 6.07 Å². The van der Waals surface area contributed by atoms with Crippen LogP contribution in [0.15, 0.2) is 54.6 Å². The molecule has 0 saturated carbocycles. The van der Waals surface area contributed by atoms with E-state index in [0.29, 0.717) is 5.56 Å². The molecule has 0 atom stereocenters. The number of ether oxygens (including phenoxy) is 1. The number of nitriles is 1. The van der Waals surface area contributed by atoms with Crippen molar-refractivity contribution in [2.75, 3.05) is 6.61 Å². The summed E-state index contributed by atoms with van der Waals surface area (Å²) < 4.78 is 45.4. The second kappa shape index (κ2) is 7.74. The predicted molar refractivity (Wildman–Crippen MR) is 94.9 cm³/mol. The minimum Gasteiger partial charge on any atom is -0.447 e. The summed E-state index contributed by atoms with van der Waals surface area (Å²) in [4.78, 5) is 11.8. The van der Waals surface area contributed by atoms with E-state index in [0.717, 1.165) is 10.7 Å². The molecule has 0 unspecified atom stereocenters. The van der Waals surface area contributed by atoms with Crippen LogP contribution in [-0.2, 0) is 10.9 Å². The quantitative estimate of drug-likeness (QED) is 0.579. The minimum atomic E-state index is -4.64. The van der Waals surface area contributed by atoms with Crippen LogP contribution >= 0.6 is 11.6 Å². The van der Waals surface area contributed by atoms with Crippen molar-refractivity contribution in [3.05, 3.63) is 70.9 Å². The van der Waals surface area contributed by atoms with E-state index in [1.54, 1.807) is 30.3 Å². The molecule has 142 valence electrons. The van der Waals surface area contributed by atoms with Gasteiger partial charge in [0.25, 0.3) is 0 Å². The topological polar surface area (TPSA) is 67.9 Å². The maximum atomic E-state index is 13.2. The van der Waals surface area contributed by atoms with E-state index in [2.05, 4.69) is 5.10 Å². The third-order valence-corrected chi connectivity index (χ3v) is 4.08. The molecule has 0 aliphatic carbocycles. The van der Waals surface area contributed by atoms with Crippen molar-refractivity contribution in [3.63, 3.8) is 0 Å². The van der Waals surface area contributed by atoms with Crippen LogP contribution in [-0.4, -0.2) is 22.4 Å². The first kappa shape index (κ1) is 19.5. The lowest BCUT2D eigenvalue weighted by Gasteiger charge is -2.10. The first-order valence-corrected chi connectivity index (χ1v) is 8.25. The van der Waals surface area contributed by atoms with Gasteiger partial charge < -0.3 is 4.74 Å². The highest BCUT2D eigenvalue weighted by Crippen LogP contribution is 2.34. The Labute approximate surface area is 162 Å². The summed E-state index contributed by atoms with van der Waals surface area (Å²) in [6.07, 6.45) is -4.64. The number of rotatable bonds is 4. The number of hydrogen-bond acceptors (Lipinski definition) is 4. The van der Waals surface area contributed by atoms with Crippen LogP contribution in [0.25, 0.3) is 16.9 Å². The maximum Gasteiger partial charge on any atom is 0.435 e. The lowest BCUT2D eigenvalue weighted by Crippen LogP contribution is -2.07. The number of alkyl halides is 3. The molecule has 28 heavy (non-hydrogen) atoms. The van der Waals surface area contributed by atoms with E-state index >= 15 is 0 Å². The van der Waals surface area contributed by atoms with Crippen LogP contribution in [0.4, 0.5) is 13.2 Å². The lowest BCUT2D eigenvalue weighted by atomic mass is 10.1. The Bertz CT molecular complexity index is 1050. The highest BCUT2D eigenvalue weighted by Gasteiger charge is 2.35. The molecule has 2 aromatic carbocycles. The fraction of sp³-hybridized carbons (Fsp3) is 0.105. The van der Waals surface area contributed by atoms with Crippen molar-refractivity contribution < 1.29 is 22.7 Å². The van der Waals surface area contributed by atoms with Gasteiger partial charge in [0.15, 0.2) is 12.3 Å². The molecular weight excluding hydrogens is 395 g/mol. The van der Waals surface area contributed by atoms with Crippen LogP contribution in [0.2, 0.25) is 5.02 Å². The van der Waals surface area contributed by atoms with Gasteiger partial charge in [-0.1, -0.05) is 35.9 Å². The van der Waals surface area contributed by atoms with Crippen molar-refractivity contribution in [3.8, 4) is 23.0 Å². The molecule has 0 aliphatic heterocycles. The van der Waals surface area contributed by atoms with Crippen LogP contribution < -0.4 is 0 Å². The van der Waals surface area contributed by atoms with Gasteiger partial charge in [0.05, 0.1) is 22.0 Å². The van der Waals surface area contributed by atoms with Crippen LogP contribution in [0.1, 0.15) is 16.1 Å². The Hall–Kier alpha value is -3.31. The second-order valence-electron chi connectivity index (χ2n) is 5.59. The zero-order valence-electron chi connectivity index (χ0n) is 14.1. The van der Waals surface area contributed by atoms with Gasteiger partial charge >= 0.3 is 12.1 Å². The van der Waals surface area contributed by atoms with Gasteiger partial charge in [-0.3, -0.25) is 0 Å². The summed E-state index contributed by atoms with van der Waals surface area (Å²) >= 11 is 6.13. The number of carbonyl (C=O) groups excluding carboxylic acids is 1. The Morgan fingerprint density at radius 3 is 2.46 bits per heavy atom. The molecule has 0 amide bonds. The van der Waals surface area contributed by atoms with Crippen LogP contribution in [0, 0.1) is 11.3 Å². The molecule has 0 aliphatic rings. The van der Waals surface area contributed by atoms with Crippen molar-refractivity contribution in [2.24, 2.45) is 0 Å². The summed E-state index contributed by atoms with van der Waals surface area (Å²) in [6, 6.07) is 14.7. The summed E-state index contributed by atoms with van der Waals surface area (Å²) in [5, 5.41) is 12.3. The van der Waals surface area contributed by atoms with E-state index < -0.39 is 24.4 Å². The summed E-state index contributed by atoms with van der Waals surface area (Å²) in [6.45, 7) is -0.394. The number of carbonyl (C=O) groups is 1. The van der Waals surface area contributed by atoms with Gasteiger partial charge in [-0.2, -0.15) is 23.5 Å². The fourth-order valence-corrected chi connectivity index (χ4v) is 2.71. The lowest BCUT2D eigenvalue weighted by molar-refractivity contribution is -0.141. The maximum absolute atomic E-state index is 13.2. The van der Waals surface area contributed by atoms with E-state index in [-0.39, 0.29) is 22.0 Å². The first-order valence-electron chi connectivity index (χ1n) is 7.88. The Balaban J connectivity index is 2.06. The fourth-order valence-electron chi connectivity index (χ4n) is 2.49. The first-order chi connectivity index (χ1) is 13.3. The van der Waals surface area contributed by atoms with Gasteiger partial charge in [0.2, 0.25) is 0 Å². The Kier molecular flexibility index (Phi) is 5.38. The molecule has 3 aromatic rings. The molecule has 9 heteroatoms. The number of halogens is 4. The molecule has 1 heterocycles. The van der Waals surface area contributed by atoms with E-state index in [9.17, 15) is 18.0 Å². The summed E-state index contributed by atoms with van der Waals surface area (Å²) in [5.74, 6) is -0.705. The highest BCUT2D eigenvalue weighted by molar-refractivity contribution is 6.32. The van der Waals surface area contributed by atoms with Gasteiger partial charge in [0, 0.05) is 5.56 Å². The van der Waals surface area contributed by atoms with Gasteiger partial charge in [-0.25, -0.2) is 9.48 Å². The average molecular weight is 406 g/mol. The average Bonchev–Trinajstić information content (AvgIpc) is 3.12. The SMILES string of the molecule is N#CCOC(=O)c1ccc(-c2cc(C(F)(F)F)nn2-c2ccccc2Cl)cc1. The standard InChI is InChI=1S/C19H11ClF3N3O2/c20-14-3-1-2-4-15(14)26-16(11-17(25-26)19(21,22)23)12-5-7-13(8-6-12)18(27)28-10-9-24/h1-8,11H,10H2. The smallest absolute Gasteiger partial charge is 0.435 e. The molecule has 5 nitrogen and oxygen atoms in total. The van der Waals surface area contributed by atoms with E-state index in [1.165, 1.54) is 24.3 Å². The number of benzene rings is 2. The molecule has 0 spiro atoms. The van der Waals surface area contributed by atoms with Crippen molar-refractivity contribution in [2.45, 2.75) is 6.18 Å². The van der Waals surface area contributed by atoms with Crippen molar-refractivity contribution in [1.29, 1.82) is 5.26 Å². The largest absolute Gasteiger partial charge is 0.447 e. The number of hydrogen-bond donors (Lipinski definition) is 0. The van der Waals surface area contributed by atoms with Crippen LogP contribution in [0.5, 0.6) is 0 Å². The minimum absolute atomic E-state index is 0.150. The number of aromatic nitrogens is 2. The van der Waals surface area contributed by atoms with Gasteiger partial charge in [-0.05, 0) is 30.3 Å². The van der Waals surface area contributed by atoms with E-state index in [1.807, 2.05) is 0 Å². The van der Waals surface area contributed by atoms with Crippen molar-refractivity contribution >= 4 is 17.6 Å². The molecular formula is C19H11ClF3N3O2. The Morgan fingerprint density at radius 2 is 1.86 bits per heavy atom. The molecule has 0 N–H and O–H groups in total. The van der Waals surface area contributed by atoms with Crippen molar-refractivity contribution in [1.82, 2.24) is 9.78 Å². The monoisotopic (exact) mass is 405 g/mol. The van der Waals surface area contributed by atoms with Gasteiger partial charge in [-0.15, -0.1) is 0 Å². The summed E-state index contributed by atoms with van der Waals surface area (Å²) in [5.41, 5.74) is -0.0805. The third-order valence-electron chi connectivity index (χ3n) is 3.76. The zero-order valence-corrected chi connectivity index (χ0v) is 14.8. The molecule has 0 saturated heterocycles. The molecule has 0 radical (unpaired) electrons. The normalized spacial score (nSPS) is 11.1. The molecule has 0 bridgehead atoms. The van der Waals surface area contributed by atoms with E-state index in [4.69, 9.17) is 21.6 Å². The zero-order chi connectivity index (χ0) is 20.3. The predicted octanol–water partition coefficient (Wildman–Crippen LogP) is 4.89. The summed E-state index contributed by atoms with van der Waals surface area (Å²) in [7, 11) is 0. The number of para-hydroxylation sites is 1. The molecule has 1 aromatic heterocycles. The number of esters is 1. The number of nitrogens with zero attached hydrogens (tertiary/aromatic N) is 3.